The van der Waals surface area contributed by atoms with Crippen molar-refractivity contribution in [3.05, 3.63) is 12.2 Å². The summed E-state index contributed by atoms with van der Waals surface area (Å²) in [6, 6.07) is -1.13. The number of hydrogen-bond acceptors (Lipinski definition) is 3. The van der Waals surface area contributed by atoms with Crippen LogP contribution in [0.2, 0.25) is 0 Å². The first-order valence-corrected chi connectivity index (χ1v) is 11.2. The summed E-state index contributed by atoms with van der Waals surface area (Å²) < 4.78 is 0. The molecule has 1 aliphatic rings. The molecule has 160 valence electrons. The molecule has 1 aliphatic heterocycles. The van der Waals surface area contributed by atoms with E-state index in [1.54, 1.807) is 0 Å². The molecule has 0 spiro atoms. The lowest BCUT2D eigenvalue weighted by atomic mass is 10.1. The zero-order chi connectivity index (χ0) is 20.5. The molecule has 28 heavy (non-hydrogen) atoms. The second kappa shape index (κ2) is 16.1. The SMILES string of the molecule is CCCCCCCCC=CCCCCCCCCNC(=O)N1CC(=O)NC1=O. The molecule has 0 aromatic heterocycles. The van der Waals surface area contributed by atoms with Gasteiger partial charge in [0.2, 0.25) is 5.91 Å². The highest BCUT2D eigenvalue weighted by Gasteiger charge is 2.31. The summed E-state index contributed by atoms with van der Waals surface area (Å²) in [5.41, 5.74) is 0. The third-order valence-electron chi connectivity index (χ3n) is 5.00. The first-order valence-electron chi connectivity index (χ1n) is 11.2. The highest BCUT2D eigenvalue weighted by molar-refractivity contribution is 6.09. The van der Waals surface area contributed by atoms with Crippen LogP contribution in [0.5, 0.6) is 0 Å². The van der Waals surface area contributed by atoms with Gasteiger partial charge >= 0.3 is 12.1 Å². The van der Waals surface area contributed by atoms with Crippen molar-refractivity contribution in [2.24, 2.45) is 0 Å². The number of unbranched alkanes of at least 4 members (excludes halogenated alkanes) is 12. The van der Waals surface area contributed by atoms with Crippen LogP contribution in [0.3, 0.4) is 0 Å². The summed E-state index contributed by atoms with van der Waals surface area (Å²) >= 11 is 0. The lowest BCUT2D eigenvalue weighted by Crippen LogP contribution is -2.42. The van der Waals surface area contributed by atoms with Gasteiger partial charge in [0.05, 0.1) is 0 Å². The lowest BCUT2D eigenvalue weighted by Gasteiger charge is -2.12. The molecular weight excluding hydrogens is 354 g/mol. The van der Waals surface area contributed by atoms with Crippen LogP contribution in [-0.2, 0) is 4.79 Å². The Hall–Kier alpha value is -1.85. The molecule has 0 unspecified atom stereocenters. The molecule has 0 aliphatic carbocycles. The number of nitrogens with zero attached hydrogens (tertiary/aromatic N) is 1. The highest BCUT2D eigenvalue weighted by atomic mass is 16.2. The molecule has 6 nitrogen and oxygen atoms in total. The number of amides is 5. The molecule has 1 fully saturated rings. The molecule has 1 saturated heterocycles. The van der Waals surface area contributed by atoms with Crippen molar-refractivity contribution >= 4 is 18.0 Å². The van der Waals surface area contributed by atoms with Crippen LogP contribution in [0.25, 0.3) is 0 Å². The van der Waals surface area contributed by atoms with E-state index in [0.717, 1.165) is 17.7 Å². The number of urea groups is 2. The Kier molecular flexibility index (Phi) is 13.9. The quantitative estimate of drug-likeness (QED) is 0.213. The van der Waals surface area contributed by atoms with Crippen molar-refractivity contribution in [2.75, 3.05) is 13.1 Å². The monoisotopic (exact) mass is 393 g/mol. The molecule has 0 aromatic rings. The smallest absolute Gasteiger partial charge is 0.332 e. The Morgan fingerprint density at radius 1 is 0.893 bits per heavy atom. The Morgan fingerprint density at radius 3 is 1.96 bits per heavy atom. The van der Waals surface area contributed by atoms with E-state index in [2.05, 4.69) is 29.7 Å². The van der Waals surface area contributed by atoms with Crippen molar-refractivity contribution in [1.29, 1.82) is 0 Å². The van der Waals surface area contributed by atoms with Crippen molar-refractivity contribution in [2.45, 2.75) is 96.8 Å². The molecule has 6 heteroatoms. The van der Waals surface area contributed by atoms with E-state index in [9.17, 15) is 14.4 Å². The fourth-order valence-electron chi connectivity index (χ4n) is 3.27. The zero-order valence-electron chi connectivity index (χ0n) is 17.6. The standard InChI is InChI=1S/C22H39N3O3/c1-2-3-4-5-6-7-8-9-10-11-12-13-14-15-16-17-18-23-21(27)25-19-20(26)24-22(25)28/h9-10H,2-8,11-19H2,1H3,(H,23,27)(H,24,26,28). The topological polar surface area (TPSA) is 78.5 Å². The van der Waals surface area contributed by atoms with Gasteiger partial charge in [-0.05, 0) is 32.1 Å². The molecule has 0 atom stereocenters. The van der Waals surface area contributed by atoms with E-state index in [1.165, 1.54) is 77.0 Å². The summed E-state index contributed by atoms with van der Waals surface area (Å²) in [6.45, 7) is 2.61. The van der Waals surface area contributed by atoms with Gasteiger partial charge in [0.25, 0.3) is 0 Å². The molecule has 2 N–H and O–H groups in total. The van der Waals surface area contributed by atoms with Gasteiger partial charge in [0, 0.05) is 6.54 Å². The minimum absolute atomic E-state index is 0.182. The fraction of sp³-hybridized carbons (Fsp3) is 0.773. The number of allylic oxidation sites excluding steroid dienone is 2. The Labute approximate surface area is 170 Å². The maximum Gasteiger partial charge on any atom is 0.332 e. The van der Waals surface area contributed by atoms with E-state index >= 15 is 0 Å². The number of hydrogen-bond donors (Lipinski definition) is 2. The van der Waals surface area contributed by atoms with Gasteiger partial charge < -0.3 is 5.32 Å². The van der Waals surface area contributed by atoms with Crippen LogP contribution in [-0.4, -0.2) is 36.0 Å². The summed E-state index contributed by atoms with van der Waals surface area (Å²) in [5, 5.41) is 4.78. The van der Waals surface area contributed by atoms with Crippen LogP contribution in [0.4, 0.5) is 9.59 Å². The zero-order valence-corrected chi connectivity index (χ0v) is 17.6. The minimum Gasteiger partial charge on any atom is -0.338 e. The molecular formula is C22H39N3O3. The van der Waals surface area contributed by atoms with Crippen molar-refractivity contribution < 1.29 is 14.4 Å². The van der Waals surface area contributed by atoms with Gasteiger partial charge in [-0.1, -0.05) is 76.9 Å². The maximum atomic E-state index is 11.8. The maximum absolute atomic E-state index is 11.8. The molecule has 5 amide bonds. The molecule has 1 rings (SSSR count). The number of carbonyl (C=O) groups is 3. The molecule has 0 saturated carbocycles. The van der Waals surface area contributed by atoms with Crippen LogP contribution < -0.4 is 10.6 Å². The molecule has 1 heterocycles. The molecule has 0 bridgehead atoms. The average molecular weight is 394 g/mol. The number of imide groups is 2. The van der Waals surface area contributed by atoms with Crippen LogP contribution in [0.15, 0.2) is 12.2 Å². The number of rotatable bonds is 16. The fourth-order valence-corrected chi connectivity index (χ4v) is 3.27. The normalized spacial score (nSPS) is 14.1. The van der Waals surface area contributed by atoms with Crippen LogP contribution >= 0.6 is 0 Å². The van der Waals surface area contributed by atoms with E-state index in [-0.39, 0.29) is 6.54 Å². The van der Waals surface area contributed by atoms with Gasteiger partial charge in [0.15, 0.2) is 0 Å². The predicted molar refractivity (Wildman–Crippen MR) is 113 cm³/mol. The van der Waals surface area contributed by atoms with Crippen molar-refractivity contribution in [3.8, 4) is 0 Å². The second-order valence-electron chi connectivity index (χ2n) is 7.61. The number of carbonyl (C=O) groups excluding carboxylic acids is 3. The average Bonchev–Trinajstić information content (AvgIpc) is 3.02. The first-order chi connectivity index (χ1) is 13.6. The molecule has 0 aromatic carbocycles. The van der Waals surface area contributed by atoms with Crippen LogP contribution in [0, 0.1) is 0 Å². The van der Waals surface area contributed by atoms with Gasteiger partial charge in [-0.2, -0.15) is 0 Å². The van der Waals surface area contributed by atoms with E-state index in [1.807, 2.05) is 0 Å². The van der Waals surface area contributed by atoms with E-state index in [0.29, 0.717) is 6.54 Å². The highest BCUT2D eigenvalue weighted by Crippen LogP contribution is 2.10. The lowest BCUT2D eigenvalue weighted by molar-refractivity contribution is -0.118. The van der Waals surface area contributed by atoms with Crippen molar-refractivity contribution in [1.82, 2.24) is 15.5 Å². The van der Waals surface area contributed by atoms with Gasteiger partial charge in [-0.25, -0.2) is 14.5 Å². The second-order valence-corrected chi connectivity index (χ2v) is 7.61. The predicted octanol–water partition coefficient (Wildman–Crippen LogP) is 5.29. The Bertz CT molecular complexity index is 491. The largest absolute Gasteiger partial charge is 0.338 e. The van der Waals surface area contributed by atoms with Crippen molar-refractivity contribution in [3.63, 3.8) is 0 Å². The minimum atomic E-state index is -0.636. The Morgan fingerprint density at radius 2 is 1.43 bits per heavy atom. The summed E-state index contributed by atoms with van der Waals surface area (Å²) in [5.74, 6) is -0.433. The van der Waals surface area contributed by atoms with E-state index in [4.69, 9.17) is 0 Å². The summed E-state index contributed by atoms with van der Waals surface area (Å²) in [7, 11) is 0. The van der Waals surface area contributed by atoms with Gasteiger partial charge in [-0.15, -0.1) is 0 Å². The van der Waals surface area contributed by atoms with E-state index < -0.39 is 18.0 Å². The third kappa shape index (κ3) is 11.8. The third-order valence-corrected chi connectivity index (χ3v) is 5.00. The number of nitrogens with one attached hydrogen (secondary N) is 2. The van der Waals surface area contributed by atoms with Gasteiger partial charge in [-0.3, -0.25) is 10.1 Å². The molecule has 0 radical (unpaired) electrons. The summed E-state index contributed by atoms with van der Waals surface area (Å²) in [4.78, 5) is 35.0. The van der Waals surface area contributed by atoms with Crippen LogP contribution in [0.1, 0.15) is 96.8 Å². The summed E-state index contributed by atoms with van der Waals surface area (Å²) in [6.07, 6.45) is 22.1. The first kappa shape index (κ1) is 24.2. The Balaban J connectivity index is 1.82. The van der Waals surface area contributed by atoms with Gasteiger partial charge in [0.1, 0.15) is 6.54 Å².